The highest BCUT2D eigenvalue weighted by molar-refractivity contribution is 6.06. The molecule has 0 aliphatic carbocycles. The van der Waals surface area contributed by atoms with Crippen molar-refractivity contribution in [2.45, 2.75) is 32.2 Å². The maximum atomic E-state index is 12.2. The molecule has 2 heterocycles. The van der Waals surface area contributed by atoms with Gasteiger partial charge in [-0.25, -0.2) is 0 Å². The minimum absolute atomic E-state index is 0.0788. The molecule has 18 heavy (non-hydrogen) atoms. The molecule has 0 bridgehead atoms. The summed E-state index contributed by atoms with van der Waals surface area (Å²) in [5, 5.41) is 5.92. The van der Waals surface area contributed by atoms with E-state index in [9.17, 15) is 14.4 Å². The van der Waals surface area contributed by atoms with Crippen LogP contribution >= 0.6 is 0 Å². The second kappa shape index (κ2) is 4.68. The largest absolute Gasteiger partial charge is 0.343 e. The van der Waals surface area contributed by atoms with Crippen molar-refractivity contribution in [3.8, 4) is 0 Å². The number of imide groups is 1. The van der Waals surface area contributed by atoms with Gasteiger partial charge >= 0.3 is 0 Å². The number of carbonyl (C=O) groups excluding carboxylic acids is 3. The molecule has 1 unspecified atom stereocenters. The maximum Gasteiger partial charge on any atom is 0.252 e. The number of hydrogen-bond donors (Lipinski definition) is 2. The molecular weight excluding hydrogens is 234 g/mol. The third-order valence-electron chi connectivity index (χ3n) is 3.94. The summed E-state index contributed by atoms with van der Waals surface area (Å²) >= 11 is 0. The fourth-order valence-electron chi connectivity index (χ4n) is 2.41. The molecule has 1 atom stereocenters. The lowest BCUT2D eigenvalue weighted by Gasteiger charge is -2.33. The Balaban J connectivity index is 1.99. The first-order valence-corrected chi connectivity index (χ1v) is 6.26. The summed E-state index contributed by atoms with van der Waals surface area (Å²) < 4.78 is 0. The van der Waals surface area contributed by atoms with Crippen molar-refractivity contribution < 1.29 is 14.4 Å². The Kier molecular flexibility index (Phi) is 3.38. The molecule has 2 aliphatic heterocycles. The van der Waals surface area contributed by atoms with Gasteiger partial charge in [0.2, 0.25) is 11.8 Å². The SMILES string of the molecule is CN1C(=O)CC(NC(=O)C2(C)CCNCC2)C1=O. The molecule has 0 spiro atoms. The quantitative estimate of drug-likeness (QED) is 0.635. The summed E-state index contributed by atoms with van der Waals surface area (Å²) in [5.74, 6) is -0.669. The summed E-state index contributed by atoms with van der Waals surface area (Å²) in [5.41, 5.74) is -0.435. The zero-order chi connectivity index (χ0) is 13.3. The van der Waals surface area contributed by atoms with Crippen molar-refractivity contribution in [2.24, 2.45) is 5.41 Å². The smallest absolute Gasteiger partial charge is 0.252 e. The molecule has 0 aromatic heterocycles. The van der Waals surface area contributed by atoms with E-state index >= 15 is 0 Å². The van der Waals surface area contributed by atoms with Crippen LogP contribution in [-0.4, -0.2) is 48.8 Å². The van der Waals surface area contributed by atoms with Crippen LogP contribution in [0.25, 0.3) is 0 Å². The van der Waals surface area contributed by atoms with Crippen molar-refractivity contribution >= 4 is 17.7 Å². The van der Waals surface area contributed by atoms with Crippen LogP contribution in [0.15, 0.2) is 0 Å². The molecule has 2 aliphatic rings. The molecule has 2 fully saturated rings. The van der Waals surface area contributed by atoms with Gasteiger partial charge in [-0.3, -0.25) is 19.3 Å². The van der Waals surface area contributed by atoms with Crippen LogP contribution in [0, 0.1) is 5.41 Å². The van der Waals surface area contributed by atoms with Gasteiger partial charge in [0.05, 0.1) is 6.42 Å². The van der Waals surface area contributed by atoms with E-state index in [1.165, 1.54) is 7.05 Å². The van der Waals surface area contributed by atoms with Crippen molar-refractivity contribution in [1.82, 2.24) is 15.5 Å². The van der Waals surface area contributed by atoms with Crippen molar-refractivity contribution in [3.63, 3.8) is 0 Å². The van der Waals surface area contributed by atoms with Crippen molar-refractivity contribution in [1.29, 1.82) is 0 Å². The first kappa shape index (κ1) is 13.0. The lowest BCUT2D eigenvalue weighted by Crippen LogP contribution is -2.50. The zero-order valence-corrected chi connectivity index (χ0v) is 10.8. The van der Waals surface area contributed by atoms with E-state index in [0.717, 1.165) is 30.8 Å². The van der Waals surface area contributed by atoms with E-state index in [1.54, 1.807) is 0 Å². The monoisotopic (exact) mass is 253 g/mol. The number of rotatable bonds is 2. The highest BCUT2D eigenvalue weighted by Gasteiger charge is 2.41. The second-order valence-corrected chi connectivity index (χ2v) is 5.33. The fourth-order valence-corrected chi connectivity index (χ4v) is 2.41. The molecule has 0 aromatic carbocycles. The van der Waals surface area contributed by atoms with Crippen LogP contribution in [0.2, 0.25) is 0 Å². The van der Waals surface area contributed by atoms with Crippen LogP contribution in [0.3, 0.4) is 0 Å². The fraction of sp³-hybridized carbons (Fsp3) is 0.750. The number of hydrogen-bond acceptors (Lipinski definition) is 4. The van der Waals surface area contributed by atoms with Gasteiger partial charge in [0.1, 0.15) is 6.04 Å². The van der Waals surface area contributed by atoms with Crippen LogP contribution in [0.5, 0.6) is 0 Å². The number of nitrogens with zero attached hydrogens (tertiary/aromatic N) is 1. The Bertz CT molecular complexity index is 388. The number of amides is 3. The minimum Gasteiger partial charge on any atom is -0.343 e. The lowest BCUT2D eigenvalue weighted by atomic mass is 9.80. The number of carbonyl (C=O) groups is 3. The van der Waals surface area contributed by atoms with Crippen LogP contribution < -0.4 is 10.6 Å². The van der Waals surface area contributed by atoms with E-state index in [1.807, 2.05) is 6.92 Å². The average Bonchev–Trinajstić information content (AvgIpc) is 2.58. The molecule has 0 radical (unpaired) electrons. The number of piperidine rings is 1. The predicted octanol–water partition coefficient (Wildman–Crippen LogP) is -0.750. The number of likely N-dealkylation sites (tertiary alicyclic amines) is 1. The summed E-state index contributed by atoms with van der Waals surface area (Å²) in [6.45, 7) is 3.52. The zero-order valence-electron chi connectivity index (χ0n) is 10.8. The van der Waals surface area contributed by atoms with E-state index < -0.39 is 11.5 Å². The Morgan fingerprint density at radius 2 is 2.00 bits per heavy atom. The topological polar surface area (TPSA) is 78.5 Å². The third-order valence-corrected chi connectivity index (χ3v) is 3.94. The van der Waals surface area contributed by atoms with Crippen LogP contribution in [0.1, 0.15) is 26.2 Å². The first-order chi connectivity index (χ1) is 8.44. The number of likely N-dealkylation sites (N-methyl/N-ethyl adjacent to an activating group) is 1. The molecule has 6 heteroatoms. The maximum absolute atomic E-state index is 12.2. The summed E-state index contributed by atoms with van der Waals surface area (Å²) in [4.78, 5) is 36.4. The standard InChI is InChI=1S/C12H19N3O3/c1-12(3-5-13-6-4-12)11(18)14-8-7-9(16)15(2)10(8)17/h8,13H,3-7H2,1-2H3,(H,14,18). The highest BCUT2D eigenvalue weighted by Crippen LogP contribution is 2.28. The van der Waals surface area contributed by atoms with E-state index in [-0.39, 0.29) is 24.1 Å². The minimum atomic E-state index is -0.679. The van der Waals surface area contributed by atoms with Gasteiger partial charge in [0.25, 0.3) is 5.91 Å². The van der Waals surface area contributed by atoms with E-state index in [4.69, 9.17) is 0 Å². The molecule has 0 aromatic rings. The molecule has 6 nitrogen and oxygen atoms in total. The van der Waals surface area contributed by atoms with Gasteiger partial charge in [0.15, 0.2) is 0 Å². The Labute approximate surface area is 106 Å². The average molecular weight is 253 g/mol. The van der Waals surface area contributed by atoms with E-state index in [2.05, 4.69) is 10.6 Å². The summed E-state index contributed by atoms with van der Waals surface area (Å²) in [6.07, 6.45) is 1.59. The molecular formula is C12H19N3O3. The van der Waals surface area contributed by atoms with Gasteiger partial charge < -0.3 is 10.6 Å². The Morgan fingerprint density at radius 3 is 2.50 bits per heavy atom. The third kappa shape index (κ3) is 2.25. The molecule has 2 rings (SSSR count). The van der Waals surface area contributed by atoms with Gasteiger partial charge in [-0.1, -0.05) is 6.92 Å². The summed E-state index contributed by atoms with van der Waals surface area (Å²) in [7, 11) is 1.45. The molecule has 100 valence electrons. The molecule has 3 amide bonds. The van der Waals surface area contributed by atoms with Crippen LogP contribution in [0.4, 0.5) is 0 Å². The molecule has 0 saturated carbocycles. The predicted molar refractivity (Wildman–Crippen MR) is 64.5 cm³/mol. The highest BCUT2D eigenvalue weighted by atomic mass is 16.2. The van der Waals surface area contributed by atoms with Gasteiger partial charge in [-0.15, -0.1) is 0 Å². The van der Waals surface area contributed by atoms with Crippen molar-refractivity contribution in [3.05, 3.63) is 0 Å². The summed E-state index contributed by atoms with van der Waals surface area (Å²) in [6, 6.07) is -0.679. The molecule has 2 N–H and O–H groups in total. The Hall–Kier alpha value is -1.43. The van der Waals surface area contributed by atoms with Crippen molar-refractivity contribution in [2.75, 3.05) is 20.1 Å². The van der Waals surface area contributed by atoms with Gasteiger partial charge in [0, 0.05) is 12.5 Å². The normalized spacial score (nSPS) is 27.4. The van der Waals surface area contributed by atoms with E-state index in [0.29, 0.717) is 0 Å². The first-order valence-electron chi connectivity index (χ1n) is 6.26. The van der Waals surface area contributed by atoms with Gasteiger partial charge in [-0.2, -0.15) is 0 Å². The Morgan fingerprint density at radius 1 is 1.39 bits per heavy atom. The van der Waals surface area contributed by atoms with Gasteiger partial charge in [-0.05, 0) is 25.9 Å². The lowest BCUT2D eigenvalue weighted by molar-refractivity contribution is -0.139. The number of nitrogens with one attached hydrogen (secondary N) is 2. The van der Waals surface area contributed by atoms with Crippen LogP contribution in [-0.2, 0) is 14.4 Å². The second-order valence-electron chi connectivity index (χ2n) is 5.33. The molecule has 2 saturated heterocycles.